The maximum Gasteiger partial charge on any atom is 0.00952 e. The zero-order valence-electron chi connectivity index (χ0n) is 13.2. The van der Waals surface area contributed by atoms with Gasteiger partial charge in [-0.3, -0.25) is 0 Å². The van der Waals surface area contributed by atoms with Gasteiger partial charge in [0, 0.05) is 6.04 Å². The molecule has 0 N–H and O–H groups in total. The summed E-state index contributed by atoms with van der Waals surface area (Å²) in [5.41, 5.74) is 0. The van der Waals surface area contributed by atoms with Crippen LogP contribution in [0, 0.1) is 5.92 Å². The summed E-state index contributed by atoms with van der Waals surface area (Å²) in [6.07, 6.45) is 19.2. The van der Waals surface area contributed by atoms with Gasteiger partial charge in [0.1, 0.15) is 0 Å². The molecule has 2 fully saturated rings. The van der Waals surface area contributed by atoms with Crippen molar-refractivity contribution < 1.29 is 0 Å². The monoisotopic (exact) mass is 265 g/mol. The molecule has 2 aliphatic rings. The average molecular weight is 265 g/mol. The molecule has 0 spiro atoms. The van der Waals surface area contributed by atoms with Crippen molar-refractivity contribution in [3.05, 3.63) is 0 Å². The highest BCUT2D eigenvalue weighted by atomic mass is 15.2. The molecule has 0 bridgehead atoms. The van der Waals surface area contributed by atoms with E-state index in [0.717, 1.165) is 12.0 Å². The fourth-order valence-corrected chi connectivity index (χ4v) is 4.09. The maximum absolute atomic E-state index is 2.84. The average Bonchev–Trinajstić information content (AvgIpc) is 2.73. The molecule has 0 aromatic carbocycles. The highest BCUT2D eigenvalue weighted by molar-refractivity contribution is 4.80. The quantitative estimate of drug-likeness (QED) is 0.459. The second-order valence-corrected chi connectivity index (χ2v) is 6.97. The summed E-state index contributed by atoms with van der Waals surface area (Å²) in [4.78, 5) is 2.84. The van der Waals surface area contributed by atoms with Crippen LogP contribution in [0.25, 0.3) is 0 Å². The molecule has 1 heteroatoms. The predicted octanol–water partition coefficient (Wildman–Crippen LogP) is 5.39. The molecule has 2 rings (SSSR count). The van der Waals surface area contributed by atoms with E-state index in [1.807, 2.05) is 0 Å². The second kappa shape index (κ2) is 9.00. The van der Waals surface area contributed by atoms with E-state index in [1.165, 1.54) is 96.6 Å². The number of piperidine rings is 1. The summed E-state index contributed by atoms with van der Waals surface area (Å²) < 4.78 is 0. The van der Waals surface area contributed by atoms with Crippen LogP contribution in [0.5, 0.6) is 0 Å². The van der Waals surface area contributed by atoms with Crippen LogP contribution in [0.15, 0.2) is 0 Å². The van der Waals surface area contributed by atoms with E-state index in [9.17, 15) is 0 Å². The number of hydrogen-bond acceptors (Lipinski definition) is 1. The van der Waals surface area contributed by atoms with Gasteiger partial charge in [0.05, 0.1) is 0 Å². The lowest BCUT2D eigenvalue weighted by Gasteiger charge is -2.37. The Morgan fingerprint density at radius 3 is 2.11 bits per heavy atom. The SMILES string of the molecule is CCCCCCC1CCN(C2CCCCCC2)CC1. The van der Waals surface area contributed by atoms with Crippen molar-refractivity contribution in [3.8, 4) is 0 Å². The Balaban J connectivity index is 1.61. The summed E-state index contributed by atoms with van der Waals surface area (Å²) in [7, 11) is 0. The number of rotatable bonds is 6. The van der Waals surface area contributed by atoms with Gasteiger partial charge in [0.25, 0.3) is 0 Å². The molecule has 19 heavy (non-hydrogen) atoms. The molecule has 0 aromatic rings. The first kappa shape index (κ1) is 15.4. The second-order valence-electron chi connectivity index (χ2n) is 6.97. The van der Waals surface area contributed by atoms with Crippen LogP contribution in [0.2, 0.25) is 0 Å². The van der Waals surface area contributed by atoms with Crippen LogP contribution in [-0.2, 0) is 0 Å². The van der Waals surface area contributed by atoms with Crippen molar-refractivity contribution in [2.75, 3.05) is 13.1 Å². The summed E-state index contributed by atoms with van der Waals surface area (Å²) in [5, 5.41) is 0. The van der Waals surface area contributed by atoms with E-state index in [1.54, 1.807) is 0 Å². The van der Waals surface area contributed by atoms with Gasteiger partial charge in [-0.2, -0.15) is 0 Å². The van der Waals surface area contributed by atoms with Crippen molar-refractivity contribution in [1.29, 1.82) is 0 Å². The van der Waals surface area contributed by atoms with Crippen LogP contribution in [0.4, 0.5) is 0 Å². The van der Waals surface area contributed by atoms with Gasteiger partial charge in [-0.1, -0.05) is 64.7 Å². The summed E-state index contributed by atoms with van der Waals surface area (Å²) in [5.74, 6) is 1.05. The van der Waals surface area contributed by atoms with Crippen molar-refractivity contribution in [1.82, 2.24) is 4.90 Å². The van der Waals surface area contributed by atoms with Crippen molar-refractivity contribution >= 4 is 0 Å². The van der Waals surface area contributed by atoms with Gasteiger partial charge in [0.2, 0.25) is 0 Å². The Bertz CT molecular complexity index is 210. The van der Waals surface area contributed by atoms with Crippen LogP contribution < -0.4 is 0 Å². The molecule has 0 unspecified atom stereocenters. The third-order valence-corrected chi connectivity index (χ3v) is 5.46. The topological polar surface area (TPSA) is 3.24 Å². The Morgan fingerprint density at radius 1 is 0.789 bits per heavy atom. The number of hydrogen-bond donors (Lipinski definition) is 0. The normalized spacial score (nSPS) is 24.5. The van der Waals surface area contributed by atoms with Crippen molar-refractivity contribution in [2.24, 2.45) is 5.92 Å². The minimum atomic E-state index is 0.948. The lowest BCUT2D eigenvalue weighted by atomic mass is 9.90. The maximum atomic E-state index is 2.84. The minimum absolute atomic E-state index is 0.948. The molecule has 112 valence electrons. The molecular formula is C18H35N. The van der Waals surface area contributed by atoms with E-state index < -0.39 is 0 Å². The molecule has 0 radical (unpaired) electrons. The molecule has 0 atom stereocenters. The van der Waals surface area contributed by atoms with Gasteiger partial charge < -0.3 is 4.90 Å². The van der Waals surface area contributed by atoms with E-state index in [-0.39, 0.29) is 0 Å². The Morgan fingerprint density at radius 2 is 1.47 bits per heavy atom. The molecular weight excluding hydrogens is 230 g/mol. The molecule has 1 aliphatic heterocycles. The fraction of sp³-hybridized carbons (Fsp3) is 1.00. The van der Waals surface area contributed by atoms with Crippen molar-refractivity contribution in [3.63, 3.8) is 0 Å². The van der Waals surface area contributed by atoms with E-state index in [2.05, 4.69) is 11.8 Å². The smallest absolute Gasteiger partial charge is 0.00952 e. The Kier molecular flexibility index (Phi) is 7.27. The molecule has 1 nitrogen and oxygen atoms in total. The fourth-order valence-electron chi connectivity index (χ4n) is 4.09. The van der Waals surface area contributed by atoms with Crippen LogP contribution in [0.1, 0.15) is 90.4 Å². The molecule has 0 amide bonds. The first-order chi connectivity index (χ1) is 9.40. The Hall–Kier alpha value is -0.0400. The first-order valence-corrected chi connectivity index (χ1v) is 9.14. The van der Waals surface area contributed by atoms with Crippen LogP contribution in [-0.4, -0.2) is 24.0 Å². The van der Waals surface area contributed by atoms with Gasteiger partial charge in [0.15, 0.2) is 0 Å². The lowest BCUT2D eigenvalue weighted by Crippen LogP contribution is -2.41. The zero-order valence-corrected chi connectivity index (χ0v) is 13.2. The Labute approximate surface area is 121 Å². The number of unbranched alkanes of at least 4 members (excludes halogenated alkanes) is 3. The van der Waals surface area contributed by atoms with Gasteiger partial charge >= 0.3 is 0 Å². The molecule has 1 heterocycles. The lowest BCUT2D eigenvalue weighted by molar-refractivity contribution is 0.117. The van der Waals surface area contributed by atoms with Crippen molar-refractivity contribution in [2.45, 2.75) is 96.4 Å². The molecule has 1 aliphatic carbocycles. The van der Waals surface area contributed by atoms with Crippen LogP contribution in [0.3, 0.4) is 0 Å². The summed E-state index contributed by atoms with van der Waals surface area (Å²) in [6.45, 7) is 5.12. The van der Waals surface area contributed by atoms with Gasteiger partial charge in [-0.15, -0.1) is 0 Å². The highest BCUT2D eigenvalue weighted by Gasteiger charge is 2.25. The largest absolute Gasteiger partial charge is 0.300 e. The standard InChI is InChI=1S/C18H35N/c1-2-3-4-7-10-17-13-15-19(16-14-17)18-11-8-5-6-9-12-18/h17-18H,2-16H2,1H3. The molecule has 1 saturated heterocycles. The molecule has 0 aromatic heterocycles. The first-order valence-electron chi connectivity index (χ1n) is 9.14. The molecule has 1 saturated carbocycles. The van der Waals surface area contributed by atoms with Crippen LogP contribution >= 0.6 is 0 Å². The predicted molar refractivity (Wildman–Crippen MR) is 84.5 cm³/mol. The summed E-state index contributed by atoms with van der Waals surface area (Å²) in [6, 6.07) is 0.948. The van der Waals surface area contributed by atoms with E-state index in [4.69, 9.17) is 0 Å². The van der Waals surface area contributed by atoms with E-state index >= 15 is 0 Å². The van der Waals surface area contributed by atoms with E-state index in [0.29, 0.717) is 0 Å². The van der Waals surface area contributed by atoms with Gasteiger partial charge in [-0.25, -0.2) is 0 Å². The van der Waals surface area contributed by atoms with Gasteiger partial charge in [-0.05, 0) is 44.7 Å². The summed E-state index contributed by atoms with van der Waals surface area (Å²) >= 11 is 0. The number of likely N-dealkylation sites (tertiary alicyclic amines) is 1. The third kappa shape index (κ3) is 5.45. The zero-order chi connectivity index (χ0) is 13.3. The minimum Gasteiger partial charge on any atom is -0.300 e. The highest BCUT2D eigenvalue weighted by Crippen LogP contribution is 2.28. The third-order valence-electron chi connectivity index (χ3n) is 5.46. The number of nitrogens with zero attached hydrogens (tertiary/aromatic N) is 1.